The molecule has 3 rings (SSSR count). The normalized spacial score (nSPS) is 27.9. The van der Waals surface area contributed by atoms with Crippen molar-refractivity contribution >= 4 is 23.4 Å². The van der Waals surface area contributed by atoms with Gasteiger partial charge in [-0.1, -0.05) is 36.6 Å². The van der Waals surface area contributed by atoms with Gasteiger partial charge in [0.2, 0.25) is 11.8 Å². The first-order valence-corrected chi connectivity index (χ1v) is 11.1. The second-order valence-corrected chi connectivity index (χ2v) is 10.2. The summed E-state index contributed by atoms with van der Waals surface area (Å²) in [4.78, 5) is 27.0. The van der Waals surface area contributed by atoms with Crippen LogP contribution < -0.4 is 5.32 Å². The molecule has 0 aromatic heterocycles. The van der Waals surface area contributed by atoms with Crippen LogP contribution in [0.4, 0.5) is 0 Å². The van der Waals surface area contributed by atoms with Gasteiger partial charge in [0.15, 0.2) is 0 Å². The lowest BCUT2D eigenvalue weighted by Gasteiger charge is -2.49. The Morgan fingerprint density at radius 2 is 1.80 bits per heavy atom. The summed E-state index contributed by atoms with van der Waals surface area (Å²) in [5.41, 5.74) is -3.09. The number of amides is 2. The molecule has 0 radical (unpaired) electrons. The molecule has 2 amide bonds. The monoisotopic (exact) mass is 436 g/mol. The molecule has 1 aliphatic carbocycles. The molecule has 3 N–H and O–H groups in total. The van der Waals surface area contributed by atoms with Crippen LogP contribution in [-0.4, -0.2) is 51.2 Å². The largest absolute Gasteiger partial charge is 0.385 e. The molecule has 2 atom stereocenters. The second-order valence-electron chi connectivity index (χ2n) is 9.74. The van der Waals surface area contributed by atoms with Crippen LogP contribution in [0.15, 0.2) is 24.3 Å². The van der Waals surface area contributed by atoms with Gasteiger partial charge in [0.05, 0.1) is 6.54 Å². The number of aliphatic hydroxyl groups is 2. The third-order valence-corrected chi connectivity index (χ3v) is 6.84. The van der Waals surface area contributed by atoms with Crippen molar-refractivity contribution in [3.8, 4) is 0 Å². The number of carbonyl (C=O) groups excluding carboxylic acids is 2. The van der Waals surface area contributed by atoms with Crippen LogP contribution in [0.3, 0.4) is 0 Å². The van der Waals surface area contributed by atoms with Crippen molar-refractivity contribution in [2.45, 2.75) is 76.0 Å². The number of hydrogen-bond acceptors (Lipinski definition) is 4. The second kappa shape index (κ2) is 8.48. The van der Waals surface area contributed by atoms with Crippen LogP contribution in [0.25, 0.3) is 0 Å². The molecule has 1 aromatic carbocycles. The number of hydrogen-bond donors (Lipinski definition) is 3. The minimum absolute atomic E-state index is 0.0115. The third kappa shape index (κ3) is 4.82. The number of nitrogens with one attached hydrogen (secondary N) is 1. The number of rotatable bonds is 5. The summed E-state index contributed by atoms with van der Waals surface area (Å²) < 4.78 is 0. The van der Waals surface area contributed by atoms with Crippen LogP contribution >= 0.6 is 11.6 Å². The van der Waals surface area contributed by atoms with Crippen LogP contribution in [0.1, 0.15) is 64.9 Å². The van der Waals surface area contributed by atoms with Crippen molar-refractivity contribution in [2.75, 3.05) is 13.1 Å². The van der Waals surface area contributed by atoms with E-state index in [1.54, 1.807) is 36.1 Å². The van der Waals surface area contributed by atoms with Gasteiger partial charge in [-0.05, 0) is 51.3 Å². The molecule has 1 aromatic rings. The number of halogens is 1. The van der Waals surface area contributed by atoms with Crippen LogP contribution in [0.2, 0.25) is 5.02 Å². The summed E-state index contributed by atoms with van der Waals surface area (Å²) in [6.45, 7) is 5.58. The van der Waals surface area contributed by atoms with E-state index in [4.69, 9.17) is 11.6 Å². The number of likely N-dealkylation sites (tertiary alicyclic amines) is 1. The predicted molar refractivity (Wildman–Crippen MR) is 116 cm³/mol. The fourth-order valence-corrected chi connectivity index (χ4v) is 4.82. The number of nitrogens with zero attached hydrogens (tertiary/aromatic N) is 1. The van der Waals surface area contributed by atoms with Gasteiger partial charge in [0.25, 0.3) is 0 Å². The van der Waals surface area contributed by atoms with E-state index in [1.807, 2.05) is 13.8 Å². The van der Waals surface area contributed by atoms with Crippen LogP contribution in [-0.2, 0) is 15.2 Å². The van der Waals surface area contributed by atoms with E-state index in [1.165, 1.54) is 0 Å². The molecular formula is C23H33ClN2O4. The average Bonchev–Trinajstić information content (AvgIpc) is 3.18. The zero-order valence-electron chi connectivity index (χ0n) is 18.1. The van der Waals surface area contributed by atoms with E-state index >= 15 is 0 Å². The molecule has 2 aliphatic rings. The van der Waals surface area contributed by atoms with Gasteiger partial charge in [-0.3, -0.25) is 9.59 Å². The Bertz CT molecular complexity index is 787. The van der Waals surface area contributed by atoms with Crippen molar-refractivity contribution in [1.29, 1.82) is 0 Å². The molecule has 166 valence electrons. The summed E-state index contributed by atoms with van der Waals surface area (Å²) in [7, 11) is 0. The summed E-state index contributed by atoms with van der Waals surface area (Å²) in [6.07, 6.45) is 4.33. The van der Waals surface area contributed by atoms with Gasteiger partial charge in [-0.15, -0.1) is 0 Å². The van der Waals surface area contributed by atoms with E-state index in [0.717, 1.165) is 25.7 Å². The third-order valence-electron chi connectivity index (χ3n) is 6.59. The number of piperidine rings is 1. The topological polar surface area (TPSA) is 89.9 Å². The fraction of sp³-hybridized carbons (Fsp3) is 0.652. The Morgan fingerprint density at radius 3 is 2.37 bits per heavy atom. The van der Waals surface area contributed by atoms with E-state index in [-0.39, 0.29) is 37.1 Å². The van der Waals surface area contributed by atoms with Crippen molar-refractivity contribution in [3.63, 3.8) is 0 Å². The summed E-state index contributed by atoms with van der Waals surface area (Å²) in [5, 5.41) is 25.9. The predicted octanol–water partition coefficient (Wildman–Crippen LogP) is 2.99. The standard InChI is InChI=1S/C23H33ClN2O4/c1-21(2,25-20(28)16-6-4-5-7-16)14-19(27)26-13-12-23(30,22(3,29)15-26)17-8-10-18(24)11-9-17/h8-11,16,29-30H,4-7,12-15H2,1-3H3,(H,25,28)/t22-,23+/m1/s1. The lowest BCUT2D eigenvalue weighted by Crippen LogP contribution is -2.63. The molecule has 1 aliphatic heterocycles. The highest BCUT2D eigenvalue weighted by atomic mass is 35.5. The van der Waals surface area contributed by atoms with Crippen LogP contribution in [0.5, 0.6) is 0 Å². The lowest BCUT2D eigenvalue weighted by atomic mass is 9.73. The SMILES string of the molecule is CC(C)(CC(=O)N1CC[C@](O)(c2ccc(Cl)cc2)[C@](C)(O)C1)NC(=O)C1CCCC1. The highest BCUT2D eigenvalue weighted by molar-refractivity contribution is 6.30. The van der Waals surface area contributed by atoms with Gasteiger partial charge in [0, 0.05) is 35.9 Å². The molecule has 1 saturated heterocycles. The lowest BCUT2D eigenvalue weighted by molar-refractivity contribution is -0.191. The Labute approximate surface area is 183 Å². The van der Waals surface area contributed by atoms with E-state index < -0.39 is 16.7 Å². The molecule has 2 fully saturated rings. The summed E-state index contributed by atoms with van der Waals surface area (Å²) in [6, 6.07) is 6.77. The fourth-order valence-electron chi connectivity index (χ4n) is 4.70. The van der Waals surface area contributed by atoms with Gasteiger partial charge in [-0.25, -0.2) is 0 Å². The van der Waals surface area contributed by atoms with Crippen molar-refractivity contribution in [3.05, 3.63) is 34.9 Å². The zero-order valence-corrected chi connectivity index (χ0v) is 18.8. The number of benzene rings is 1. The van der Waals surface area contributed by atoms with Gasteiger partial charge < -0.3 is 20.4 Å². The molecular weight excluding hydrogens is 404 g/mol. The number of β-amino-alcohol motifs (C(OH)–C–C–N with tert-alkyl or cyclic N) is 1. The van der Waals surface area contributed by atoms with E-state index in [0.29, 0.717) is 17.1 Å². The Morgan fingerprint density at radius 1 is 1.20 bits per heavy atom. The molecule has 1 saturated carbocycles. The van der Waals surface area contributed by atoms with Crippen LogP contribution in [0, 0.1) is 5.92 Å². The first kappa shape index (κ1) is 23.0. The molecule has 6 nitrogen and oxygen atoms in total. The maximum atomic E-state index is 13.0. The Balaban J connectivity index is 1.64. The Hall–Kier alpha value is -1.63. The quantitative estimate of drug-likeness (QED) is 0.661. The minimum Gasteiger partial charge on any atom is -0.385 e. The van der Waals surface area contributed by atoms with Crippen molar-refractivity contribution in [1.82, 2.24) is 10.2 Å². The first-order chi connectivity index (χ1) is 13.9. The minimum atomic E-state index is -1.52. The first-order valence-electron chi connectivity index (χ1n) is 10.7. The average molecular weight is 437 g/mol. The highest BCUT2D eigenvalue weighted by Gasteiger charge is 2.52. The molecule has 30 heavy (non-hydrogen) atoms. The smallest absolute Gasteiger partial charge is 0.225 e. The van der Waals surface area contributed by atoms with E-state index in [2.05, 4.69) is 5.32 Å². The summed E-state index contributed by atoms with van der Waals surface area (Å²) in [5.74, 6) is -0.0808. The van der Waals surface area contributed by atoms with Gasteiger partial charge >= 0.3 is 0 Å². The van der Waals surface area contributed by atoms with Gasteiger partial charge in [0.1, 0.15) is 11.2 Å². The summed E-state index contributed by atoms with van der Waals surface area (Å²) >= 11 is 5.94. The number of carbonyl (C=O) groups is 2. The Kier molecular flexibility index (Phi) is 6.51. The van der Waals surface area contributed by atoms with Crippen molar-refractivity contribution in [2.24, 2.45) is 5.92 Å². The van der Waals surface area contributed by atoms with Crippen molar-refractivity contribution < 1.29 is 19.8 Å². The maximum Gasteiger partial charge on any atom is 0.225 e. The molecule has 0 unspecified atom stereocenters. The zero-order chi connectivity index (χ0) is 22.2. The molecule has 7 heteroatoms. The maximum absolute atomic E-state index is 13.0. The van der Waals surface area contributed by atoms with E-state index in [9.17, 15) is 19.8 Å². The van der Waals surface area contributed by atoms with Gasteiger partial charge in [-0.2, -0.15) is 0 Å². The molecule has 0 spiro atoms. The highest BCUT2D eigenvalue weighted by Crippen LogP contribution is 2.41. The molecule has 1 heterocycles. The molecule has 0 bridgehead atoms.